The van der Waals surface area contributed by atoms with Crippen LogP contribution < -0.4 is 29.6 Å². The Hall–Kier alpha value is -2.51. The van der Waals surface area contributed by atoms with Crippen molar-refractivity contribution in [1.82, 2.24) is 0 Å². The number of aliphatic hydroxyl groups is 5. The van der Waals surface area contributed by atoms with E-state index >= 15 is 0 Å². The summed E-state index contributed by atoms with van der Waals surface area (Å²) < 4.78 is 27.8. The molecule has 0 aromatic heterocycles. The summed E-state index contributed by atoms with van der Waals surface area (Å²) in [5, 5.41) is 90.3. The first-order valence-electron chi connectivity index (χ1n) is 13.7. The molecule has 0 spiro atoms. The minimum absolute atomic E-state index is 0. The van der Waals surface area contributed by atoms with E-state index in [0.717, 1.165) is 6.08 Å². The van der Waals surface area contributed by atoms with Gasteiger partial charge in [0.2, 0.25) is 0 Å². The van der Waals surface area contributed by atoms with Crippen molar-refractivity contribution in [3.05, 3.63) is 53.6 Å². The number of rotatable bonds is 10. The molecule has 4 rings (SSSR count). The number of carbonyl (C=O) groups excluding carboxylic acids is 1. The molecule has 10 atom stereocenters. The molecule has 2 aromatic rings. The van der Waals surface area contributed by atoms with Gasteiger partial charge in [0.25, 0.3) is 0 Å². The molecular weight excluding hydrogens is 611 g/mol. The van der Waals surface area contributed by atoms with E-state index in [1.807, 2.05) is 0 Å². The van der Waals surface area contributed by atoms with Crippen LogP contribution in [0.3, 0.4) is 0 Å². The van der Waals surface area contributed by atoms with Crippen LogP contribution in [0.2, 0.25) is 0 Å². The number of hydrogen-bond acceptors (Lipinski definition) is 15. The second kappa shape index (κ2) is 16.4. The van der Waals surface area contributed by atoms with Crippen molar-refractivity contribution >= 4 is 12.0 Å². The van der Waals surface area contributed by atoms with Crippen LogP contribution in [0, 0.1) is 0 Å². The Bertz CT molecular complexity index is 1320. The Morgan fingerprint density at radius 1 is 0.800 bits per heavy atom. The Morgan fingerprint density at radius 2 is 1.42 bits per heavy atom. The van der Waals surface area contributed by atoms with Crippen LogP contribution in [0.25, 0.3) is 6.08 Å². The standard InChI is InChI=1S/C29H36O15.Na.H/c1-13-22(35)23(36)25(38)29(42-13)41-12-20-27(44-21(34)7-4-14-2-5-16(30)18(32)10-14)24(37)26(39)28(43-20)40-9-8-15-3-6-17(31)19(33)11-15;;/h2-7,10-11,13,20,22-33,35-39H,8-9,12H2,1H3;;/q;+1;-1/b7-4+;;/t13-,20+,22-,23+,24+,25+,26+,27+,28+,29+;;/m0../s1. The zero-order chi connectivity index (χ0) is 32.1. The van der Waals surface area contributed by atoms with Gasteiger partial charge in [-0.05, 0) is 54.8 Å². The quantitative estimate of drug-likeness (QED) is 0.0517. The molecule has 9 N–H and O–H groups in total. The van der Waals surface area contributed by atoms with E-state index in [9.17, 15) is 50.8 Å². The zero-order valence-electron chi connectivity index (χ0n) is 25.5. The van der Waals surface area contributed by atoms with Crippen LogP contribution in [0.5, 0.6) is 23.0 Å². The molecule has 2 aliphatic rings. The number of esters is 1. The monoisotopic (exact) mass is 648 g/mol. The molecule has 15 nitrogen and oxygen atoms in total. The van der Waals surface area contributed by atoms with Crippen LogP contribution in [0.15, 0.2) is 42.5 Å². The second-order valence-electron chi connectivity index (χ2n) is 10.5. The fourth-order valence-corrected chi connectivity index (χ4v) is 4.66. The van der Waals surface area contributed by atoms with Gasteiger partial charge in [0.1, 0.15) is 36.6 Å². The maximum absolute atomic E-state index is 12.7. The van der Waals surface area contributed by atoms with Gasteiger partial charge in [0.15, 0.2) is 41.7 Å². The van der Waals surface area contributed by atoms with Gasteiger partial charge in [-0.2, -0.15) is 0 Å². The van der Waals surface area contributed by atoms with Crippen LogP contribution in [-0.4, -0.2) is 127 Å². The molecule has 0 amide bonds. The summed E-state index contributed by atoms with van der Waals surface area (Å²) in [6.45, 7) is 0.890. The van der Waals surface area contributed by atoms with Gasteiger partial charge in [-0.1, -0.05) is 12.1 Å². The molecule has 0 bridgehead atoms. The molecule has 2 fully saturated rings. The summed E-state index contributed by atoms with van der Waals surface area (Å²) in [6, 6.07) is 8.00. The second-order valence-corrected chi connectivity index (χ2v) is 10.5. The van der Waals surface area contributed by atoms with Crippen molar-refractivity contribution in [1.29, 1.82) is 0 Å². The third-order valence-electron chi connectivity index (χ3n) is 7.25. The summed E-state index contributed by atoms with van der Waals surface area (Å²) in [4.78, 5) is 12.7. The van der Waals surface area contributed by atoms with Crippen molar-refractivity contribution in [2.45, 2.75) is 74.8 Å². The van der Waals surface area contributed by atoms with Crippen LogP contribution in [0.4, 0.5) is 0 Å². The van der Waals surface area contributed by atoms with Crippen molar-refractivity contribution in [3.63, 3.8) is 0 Å². The summed E-state index contributed by atoms with van der Waals surface area (Å²) in [5.74, 6) is -2.37. The Labute approximate surface area is 281 Å². The van der Waals surface area contributed by atoms with Crippen LogP contribution >= 0.6 is 0 Å². The molecule has 16 heteroatoms. The van der Waals surface area contributed by atoms with E-state index in [1.54, 1.807) is 6.07 Å². The normalized spacial score (nSPS) is 31.8. The average molecular weight is 649 g/mol. The summed E-state index contributed by atoms with van der Waals surface area (Å²) >= 11 is 0. The van der Waals surface area contributed by atoms with Crippen LogP contribution in [0.1, 0.15) is 19.5 Å². The molecule has 2 saturated heterocycles. The molecule has 244 valence electrons. The molecule has 2 aliphatic heterocycles. The van der Waals surface area contributed by atoms with Gasteiger partial charge in [0.05, 0.1) is 19.3 Å². The molecule has 2 heterocycles. The fraction of sp³-hybridized carbons (Fsp3) is 0.483. The van der Waals surface area contributed by atoms with Gasteiger partial charge >= 0.3 is 35.5 Å². The summed E-state index contributed by atoms with van der Waals surface area (Å²) in [5.41, 5.74) is 0.927. The van der Waals surface area contributed by atoms with Gasteiger partial charge < -0.3 is 71.1 Å². The number of phenolic OH excluding ortho intramolecular Hbond substituents is 4. The third-order valence-corrected chi connectivity index (χ3v) is 7.25. The summed E-state index contributed by atoms with van der Waals surface area (Å²) in [6.07, 6.45) is -12.2. The number of benzene rings is 2. The van der Waals surface area contributed by atoms with Crippen LogP contribution in [-0.2, 0) is 34.9 Å². The zero-order valence-corrected chi connectivity index (χ0v) is 26.5. The molecule has 0 unspecified atom stereocenters. The number of phenols is 4. The van der Waals surface area contributed by atoms with Gasteiger partial charge in [-0.3, -0.25) is 0 Å². The molecule has 45 heavy (non-hydrogen) atoms. The SMILES string of the molecule is C[C@@H]1O[C@@H](OC[C@H]2O[C@@H](OCCc3ccc(O)c(O)c3)[C@H](O)[C@@H](O)[C@@H]2OC(=O)/C=C/c2ccc(O)c(O)c2)[C@H](O)[C@H](O)[C@H]1O.[H-].[Na+]. The maximum atomic E-state index is 12.7. The van der Waals surface area contributed by atoms with E-state index in [-0.39, 0.29) is 61.3 Å². The first kappa shape index (κ1) is 37.0. The average Bonchev–Trinajstić information content (AvgIpc) is 2.99. The van der Waals surface area contributed by atoms with Gasteiger partial charge in [-0.15, -0.1) is 0 Å². The molecule has 2 aromatic carbocycles. The van der Waals surface area contributed by atoms with Crippen molar-refractivity contribution in [3.8, 4) is 23.0 Å². The molecular formula is C29H37NaO15. The Balaban J connectivity index is 0.00000368. The topological polar surface area (TPSA) is 245 Å². The number of ether oxygens (including phenoxy) is 5. The molecule has 0 saturated carbocycles. The van der Waals surface area contributed by atoms with Gasteiger partial charge in [-0.25, -0.2) is 4.79 Å². The van der Waals surface area contributed by atoms with Gasteiger partial charge in [0, 0.05) is 6.08 Å². The predicted octanol–water partition coefficient (Wildman–Crippen LogP) is -3.90. The minimum Gasteiger partial charge on any atom is -1.00 e. The van der Waals surface area contributed by atoms with E-state index < -0.39 is 79.7 Å². The van der Waals surface area contributed by atoms with E-state index in [1.165, 1.54) is 43.3 Å². The number of carbonyl (C=O) groups is 1. The minimum atomic E-state index is -1.75. The number of hydrogen-bond donors (Lipinski definition) is 9. The molecule has 0 aliphatic carbocycles. The first-order valence-corrected chi connectivity index (χ1v) is 13.7. The maximum Gasteiger partial charge on any atom is 1.00 e. The van der Waals surface area contributed by atoms with E-state index in [2.05, 4.69) is 0 Å². The molecule has 0 radical (unpaired) electrons. The summed E-state index contributed by atoms with van der Waals surface area (Å²) in [7, 11) is 0. The number of aromatic hydroxyl groups is 4. The Morgan fingerprint density at radius 3 is 2.09 bits per heavy atom. The number of aliphatic hydroxyl groups excluding tert-OH is 5. The first-order chi connectivity index (χ1) is 20.8. The smallest absolute Gasteiger partial charge is 1.00 e. The fourth-order valence-electron chi connectivity index (χ4n) is 4.66. The predicted molar refractivity (Wildman–Crippen MR) is 148 cm³/mol. The van der Waals surface area contributed by atoms with Crippen molar-refractivity contribution < 1.29 is 105 Å². The Kier molecular flexibility index (Phi) is 13.4. The largest absolute Gasteiger partial charge is 1.00 e. The van der Waals surface area contributed by atoms with E-state index in [4.69, 9.17) is 23.7 Å². The van der Waals surface area contributed by atoms with Crippen molar-refractivity contribution in [2.24, 2.45) is 0 Å². The third kappa shape index (κ3) is 9.28. The van der Waals surface area contributed by atoms with Crippen molar-refractivity contribution in [2.75, 3.05) is 13.2 Å². The van der Waals surface area contributed by atoms with E-state index in [0.29, 0.717) is 11.1 Å².